The number of hydrogen-bond acceptors (Lipinski definition) is 3. The lowest BCUT2D eigenvalue weighted by atomic mass is 10.3. The lowest BCUT2D eigenvalue weighted by Gasteiger charge is -2.16. The summed E-state index contributed by atoms with van der Waals surface area (Å²) < 4.78 is 10.9. The van der Waals surface area contributed by atoms with E-state index in [0.717, 1.165) is 0 Å². The van der Waals surface area contributed by atoms with E-state index in [1.54, 1.807) is 18.2 Å². The standard InChI is InChI=1S/C11H15Cl2NO2/c1-2-15-9(6-14)7-16-11-4-3-8(12)5-10(11)13/h3-5,9H,2,6-7,14H2,1H3. The first-order valence-electron chi connectivity index (χ1n) is 5.07. The second-order valence-corrected chi connectivity index (χ2v) is 4.04. The number of nitrogens with two attached hydrogens (primary N) is 1. The Balaban J connectivity index is 2.53. The van der Waals surface area contributed by atoms with Gasteiger partial charge in [0.05, 0.1) is 5.02 Å². The van der Waals surface area contributed by atoms with Crippen LogP contribution in [-0.2, 0) is 4.74 Å². The highest BCUT2D eigenvalue weighted by molar-refractivity contribution is 6.35. The van der Waals surface area contributed by atoms with Crippen molar-refractivity contribution in [1.82, 2.24) is 0 Å². The van der Waals surface area contributed by atoms with Crippen LogP contribution in [0.3, 0.4) is 0 Å². The molecule has 1 rings (SSSR count). The van der Waals surface area contributed by atoms with E-state index >= 15 is 0 Å². The normalized spacial score (nSPS) is 12.5. The molecular formula is C11H15Cl2NO2. The van der Waals surface area contributed by atoms with Gasteiger partial charge in [0.25, 0.3) is 0 Å². The van der Waals surface area contributed by atoms with E-state index in [1.807, 2.05) is 6.92 Å². The summed E-state index contributed by atoms with van der Waals surface area (Å²) in [5, 5.41) is 1.07. The molecule has 0 saturated carbocycles. The van der Waals surface area contributed by atoms with E-state index in [9.17, 15) is 0 Å². The fourth-order valence-electron chi connectivity index (χ4n) is 1.19. The third-order valence-corrected chi connectivity index (χ3v) is 2.51. The van der Waals surface area contributed by atoms with Crippen molar-refractivity contribution < 1.29 is 9.47 Å². The molecule has 0 radical (unpaired) electrons. The van der Waals surface area contributed by atoms with Crippen LogP contribution in [0.1, 0.15) is 6.92 Å². The van der Waals surface area contributed by atoms with Crippen LogP contribution in [0.5, 0.6) is 5.75 Å². The van der Waals surface area contributed by atoms with Crippen molar-refractivity contribution in [1.29, 1.82) is 0 Å². The van der Waals surface area contributed by atoms with E-state index in [4.69, 9.17) is 38.4 Å². The SMILES string of the molecule is CCOC(CN)COc1ccc(Cl)cc1Cl. The second kappa shape index (κ2) is 6.97. The van der Waals surface area contributed by atoms with E-state index in [-0.39, 0.29) is 6.10 Å². The maximum Gasteiger partial charge on any atom is 0.138 e. The van der Waals surface area contributed by atoms with Gasteiger partial charge in [-0.05, 0) is 25.1 Å². The van der Waals surface area contributed by atoms with Gasteiger partial charge >= 0.3 is 0 Å². The molecule has 3 nitrogen and oxygen atoms in total. The van der Waals surface area contributed by atoms with Crippen LogP contribution < -0.4 is 10.5 Å². The fourth-order valence-corrected chi connectivity index (χ4v) is 1.66. The van der Waals surface area contributed by atoms with Gasteiger partial charge in [0.15, 0.2) is 0 Å². The first kappa shape index (κ1) is 13.6. The fraction of sp³-hybridized carbons (Fsp3) is 0.455. The van der Waals surface area contributed by atoms with Gasteiger partial charge < -0.3 is 15.2 Å². The van der Waals surface area contributed by atoms with E-state index in [1.165, 1.54) is 0 Å². The van der Waals surface area contributed by atoms with Gasteiger partial charge in [-0.25, -0.2) is 0 Å². The first-order chi connectivity index (χ1) is 7.67. The molecule has 1 unspecified atom stereocenters. The molecule has 0 bridgehead atoms. The number of ether oxygens (including phenoxy) is 2. The zero-order valence-corrected chi connectivity index (χ0v) is 10.6. The Bertz CT molecular complexity index is 334. The molecular weight excluding hydrogens is 249 g/mol. The van der Waals surface area contributed by atoms with Gasteiger partial charge in [-0.1, -0.05) is 23.2 Å². The Morgan fingerprint density at radius 1 is 1.38 bits per heavy atom. The van der Waals surface area contributed by atoms with Crippen molar-refractivity contribution in [2.24, 2.45) is 5.73 Å². The van der Waals surface area contributed by atoms with Crippen molar-refractivity contribution >= 4 is 23.2 Å². The minimum absolute atomic E-state index is 0.114. The van der Waals surface area contributed by atoms with Crippen LogP contribution in [0.2, 0.25) is 10.0 Å². The van der Waals surface area contributed by atoms with Gasteiger partial charge in [-0.2, -0.15) is 0 Å². The van der Waals surface area contributed by atoms with Crippen LogP contribution in [0, 0.1) is 0 Å². The molecule has 1 aromatic carbocycles. The molecule has 0 heterocycles. The van der Waals surface area contributed by atoms with Gasteiger partial charge in [-0.3, -0.25) is 0 Å². The summed E-state index contributed by atoms with van der Waals surface area (Å²) in [5.74, 6) is 0.587. The monoisotopic (exact) mass is 263 g/mol. The Morgan fingerprint density at radius 3 is 2.69 bits per heavy atom. The molecule has 1 aromatic rings. The molecule has 0 aliphatic heterocycles. The molecule has 1 atom stereocenters. The average molecular weight is 264 g/mol. The molecule has 0 aliphatic carbocycles. The number of halogens is 2. The Hall–Kier alpha value is -0.480. The van der Waals surface area contributed by atoms with Crippen LogP contribution in [0.25, 0.3) is 0 Å². The summed E-state index contributed by atoms with van der Waals surface area (Å²) in [6, 6.07) is 5.08. The maximum atomic E-state index is 5.95. The Labute approximate surface area is 105 Å². The minimum Gasteiger partial charge on any atom is -0.489 e. The molecule has 16 heavy (non-hydrogen) atoms. The van der Waals surface area contributed by atoms with Crippen LogP contribution in [0.15, 0.2) is 18.2 Å². The van der Waals surface area contributed by atoms with E-state index < -0.39 is 0 Å². The zero-order chi connectivity index (χ0) is 12.0. The Morgan fingerprint density at radius 2 is 2.12 bits per heavy atom. The lowest BCUT2D eigenvalue weighted by Crippen LogP contribution is -2.30. The highest BCUT2D eigenvalue weighted by atomic mass is 35.5. The second-order valence-electron chi connectivity index (χ2n) is 3.20. The molecule has 0 saturated heterocycles. The average Bonchev–Trinajstić information content (AvgIpc) is 2.26. The predicted molar refractivity (Wildman–Crippen MR) is 66.4 cm³/mol. The first-order valence-corrected chi connectivity index (χ1v) is 5.82. The van der Waals surface area contributed by atoms with E-state index in [0.29, 0.717) is 35.6 Å². The van der Waals surface area contributed by atoms with Crippen molar-refractivity contribution in [3.63, 3.8) is 0 Å². The summed E-state index contributed by atoms with van der Waals surface area (Å²) in [4.78, 5) is 0. The van der Waals surface area contributed by atoms with Gasteiger partial charge in [0.1, 0.15) is 18.5 Å². The van der Waals surface area contributed by atoms with Gasteiger partial charge in [0.2, 0.25) is 0 Å². The van der Waals surface area contributed by atoms with Crippen molar-refractivity contribution in [2.45, 2.75) is 13.0 Å². The third kappa shape index (κ3) is 4.18. The summed E-state index contributed by atoms with van der Waals surface area (Å²) in [6.07, 6.45) is -0.114. The van der Waals surface area contributed by atoms with Crippen molar-refractivity contribution in [3.8, 4) is 5.75 Å². The van der Waals surface area contributed by atoms with Crippen LogP contribution >= 0.6 is 23.2 Å². The summed E-state index contributed by atoms with van der Waals surface area (Å²) in [7, 11) is 0. The smallest absolute Gasteiger partial charge is 0.138 e. The highest BCUT2D eigenvalue weighted by Crippen LogP contribution is 2.27. The van der Waals surface area contributed by atoms with Gasteiger partial charge in [0, 0.05) is 18.2 Å². The lowest BCUT2D eigenvalue weighted by molar-refractivity contribution is 0.0337. The summed E-state index contributed by atoms with van der Waals surface area (Å²) in [6.45, 7) is 3.32. The van der Waals surface area contributed by atoms with Gasteiger partial charge in [-0.15, -0.1) is 0 Å². The summed E-state index contributed by atoms with van der Waals surface area (Å²) in [5.41, 5.74) is 5.53. The highest BCUT2D eigenvalue weighted by Gasteiger charge is 2.08. The quantitative estimate of drug-likeness (QED) is 0.859. The van der Waals surface area contributed by atoms with Crippen LogP contribution in [-0.4, -0.2) is 25.9 Å². The largest absolute Gasteiger partial charge is 0.489 e. The molecule has 90 valence electrons. The number of rotatable bonds is 6. The number of benzene rings is 1. The third-order valence-electron chi connectivity index (χ3n) is 1.98. The molecule has 0 aromatic heterocycles. The predicted octanol–water partition coefficient (Wildman–Crippen LogP) is 2.74. The molecule has 0 amide bonds. The zero-order valence-electron chi connectivity index (χ0n) is 9.08. The topological polar surface area (TPSA) is 44.5 Å². The molecule has 2 N–H and O–H groups in total. The van der Waals surface area contributed by atoms with Crippen molar-refractivity contribution in [3.05, 3.63) is 28.2 Å². The Kier molecular flexibility index (Phi) is 5.91. The molecule has 0 spiro atoms. The molecule has 0 aliphatic rings. The van der Waals surface area contributed by atoms with Crippen LogP contribution in [0.4, 0.5) is 0 Å². The van der Waals surface area contributed by atoms with Crippen molar-refractivity contribution in [2.75, 3.05) is 19.8 Å². The molecule has 0 fully saturated rings. The number of hydrogen-bond donors (Lipinski definition) is 1. The maximum absolute atomic E-state index is 5.95. The summed E-state index contributed by atoms with van der Waals surface area (Å²) >= 11 is 11.7. The minimum atomic E-state index is -0.114. The van der Waals surface area contributed by atoms with E-state index in [2.05, 4.69) is 0 Å². The molecule has 5 heteroatoms.